The molecule has 2 aliphatic heterocycles. The predicted octanol–water partition coefficient (Wildman–Crippen LogP) is 3.78. The van der Waals surface area contributed by atoms with Crippen molar-refractivity contribution in [2.75, 3.05) is 13.1 Å². The fraction of sp³-hybridized carbons (Fsp3) is 0.409. The molecule has 5 heteroatoms. The van der Waals surface area contributed by atoms with E-state index in [9.17, 15) is 9.50 Å². The van der Waals surface area contributed by atoms with Crippen LogP contribution in [0.5, 0.6) is 0 Å². The van der Waals surface area contributed by atoms with Gasteiger partial charge in [-0.2, -0.15) is 0 Å². The third-order valence-corrected chi connectivity index (χ3v) is 6.26. The van der Waals surface area contributed by atoms with Crippen molar-refractivity contribution in [1.29, 1.82) is 0 Å². The number of fused-ring (bicyclic) bond motifs is 5. The number of rotatable bonds is 3. The molecule has 0 aliphatic carbocycles. The maximum atomic E-state index is 14.1. The lowest BCUT2D eigenvalue weighted by Gasteiger charge is -2.32. The Balaban J connectivity index is 1.67. The number of benzene rings is 1. The Morgan fingerprint density at radius 3 is 3.00 bits per heavy atom. The van der Waals surface area contributed by atoms with Crippen LogP contribution in [0.2, 0.25) is 0 Å². The normalized spacial score (nSPS) is 21.8. The molecule has 0 saturated carbocycles. The van der Waals surface area contributed by atoms with Gasteiger partial charge in [-0.15, -0.1) is 0 Å². The van der Waals surface area contributed by atoms with Crippen LogP contribution in [0.25, 0.3) is 10.9 Å². The summed E-state index contributed by atoms with van der Waals surface area (Å²) < 4.78 is 16.3. The molecule has 5 rings (SSSR count). The zero-order chi connectivity index (χ0) is 18.6. The molecule has 4 heterocycles. The monoisotopic (exact) mass is 365 g/mol. The van der Waals surface area contributed by atoms with Gasteiger partial charge in [-0.3, -0.25) is 9.88 Å². The van der Waals surface area contributed by atoms with E-state index in [0.29, 0.717) is 12.6 Å². The van der Waals surface area contributed by atoms with Crippen molar-refractivity contribution in [3.63, 3.8) is 0 Å². The highest BCUT2D eigenvalue weighted by molar-refractivity contribution is 5.86. The second-order valence-corrected chi connectivity index (χ2v) is 8.07. The van der Waals surface area contributed by atoms with E-state index in [1.807, 2.05) is 25.1 Å². The summed E-state index contributed by atoms with van der Waals surface area (Å²) in [5.41, 5.74) is 3.29. The first-order valence-corrected chi connectivity index (χ1v) is 9.72. The first kappa shape index (κ1) is 16.9. The van der Waals surface area contributed by atoms with Crippen molar-refractivity contribution in [1.82, 2.24) is 14.5 Å². The Labute approximate surface area is 158 Å². The number of aromatic nitrogens is 2. The van der Waals surface area contributed by atoms with Crippen LogP contribution in [0.1, 0.15) is 42.6 Å². The van der Waals surface area contributed by atoms with E-state index in [1.165, 1.54) is 23.7 Å². The molecule has 27 heavy (non-hydrogen) atoms. The summed E-state index contributed by atoms with van der Waals surface area (Å²) in [6.45, 7) is 4.42. The lowest BCUT2D eigenvalue weighted by atomic mass is 9.95. The van der Waals surface area contributed by atoms with Gasteiger partial charge in [0.15, 0.2) is 0 Å². The van der Waals surface area contributed by atoms with Crippen LogP contribution in [-0.4, -0.2) is 32.6 Å². The van der Waals surface area contributed by atoms with Crippen molar-refractivity contribution >= 4 is 10.9 Å². The zero-order valence-corrected chi connectivity index (χ0v) is 15.5. The number of hydrogen-bond acceptors (Lipinski definition) is 3. The van der Waals surface area contributed by atoms with Crippen molar-refractivity contribution in [3.8, 4) is 0 Å². The van der Waals surface area contributed by atoms with Crippen molar-refractivity contribution < 1.29 is 9.50 Å². The van der Waals surface area contributed by atoms with Gasteiger partial charge in [0.05, 0.1) is 6.54 Å². The Morgan fingerprint density at radius 1 is 1.30 bits per heavy atom. The van der Waals surface area contributed by atoms with Crippen LogP contribution in [0, 0.1) is 5.82 Å². The number of aliphatic hydroxyl groups is 1. The highest BCUT2D eigenvalue weighted by Gasteiger charge is 2.36. The molecule has 1 aromatic carbocycles. The number of halogens is 1. The van der Waals surface area contributed by atoms with E-state index in [1.54, 1.807) is 18.5 Å². The lowest BCUT2D eigenvalue weighted by molar-refractivity contribution is 0.0380. The third-order valence-electron chi connectivity index (χ3n) is 6.26. The van der Waals surface area contributed by atoms with E-state index in [4.69, 9.17) is 0 Å². The molecule has 0 bridgehead atoms. The molecule has 2 aromatic heterocycles. The van der Waals surface area contributed by atoms with E-state index in [2.05, 4.69) is 14.5 Å². The van der Waals surface area contributed by atoms with Gasteiger partial charge in [0.25, 0.3) is 0 Å². The van der Waals surface area contributed by atoms with Crippen LogP contribution >= 0.6 is 0 Å². The molecular weight excluding hydrogens is 341 g/mol. The highest BCUT2D eigenvalue weighted by atomic mass is 19.1. The standard InChI is InChI=1S/C22H24FN3O/c1-22(27,15-4-2-9-24-13-15)14-26-18-7-6-16(23)12-17(18)21-19-5-3-10-25(19)11-8-20(21)26/h2,4,6-7,9,12-13,19,27H,3,5,8,10-11,14H2,1H3. The van der Waals surface area contributed by atoms with Crippen molar-refractivity contribution in [2.24, 2.45) is 0 Å². The van der Waals surface area contributed by atoms with Gasteiger partial charge in [0, 0.05) is 53.6 Å². The van der Waals surface area contributed by atoms with E-state index >= 15 is 0 Å². The van der Waals surface area contributed by atoms with Gasteiger partial charge >= 0.3 is 0 Å². The van der Waals surface area contributed by atoms with Gasteiger partial charge in [0.2, 0.25) is 0 Å². The minimum Gasteiger partial charge on any atom is -0.384 e. The summed E-state index contributed by atoms with van der Waals surface area (Å²) >= 11 is 0. The van der Waals surface area contributed by atoms with Gasteiger partial charge < -0.3 is 9.67 Å². The van der Waals surface area contributed by atoms with Crippen molar-refractivity contribution in [3.05, 3.63) is 65.4 Å². The van der Waals surface area contributed by atoms with Crippen LogP contribution < -0.4 is 0 Å². The zero-order valence-electron chi connectivity index (χ0n) is 15.5. The first-order chi connectivity index (χ1) is 13.0. The van der Waals surface area contributed by atoms with Crippen LogP contribution in [0.3, 0.4) is 0 Å². The molecule has 0 radical (unpaired) electrons. The molecule has 4 nitrogen and oxygen atoms in total. The molecule has 1 saturated heterocycles. The van der Waals surface area contributed by atoms with Gasteiger partial charge in [-0.05, 0) is 56.1 Å². The first-order valence-electron chi connectivity index (χ1n) is 9.72. The van der Waals surface area contributed by atoms with E-state index < -0.39 is 5.60 Å². The molecule has 0 amide bonds. The smallest absolute Gasteiger partial charge is 0.123 e. The summed E-state index contributed by atoms with van der Waals surface area (Å²) in [7, 11) is 0. The number of hydrogen-bond donors (Lipinski definition) is 1. The maximum Gasteiger partial charge on any atom is 0.123 e. The average Bonchev–Trinajstić information content (AvgIpc) is 3.25. The average molecular weight is 365 g/mol. The Kier molecular flexibility index (Phi) is 3.85. The summed E-state index contributed by atoms with van der Waals surface area (Å²) in [6, 6.07) is 9.19. The van der Waals surface area contributed by atoms with Crippen LogP contribution in [0.4, 0.5) is 4.39 Å². The second-order valence-electron chi connectivity index (χ2n) is 8.07. The lowest BCUT2D eigenvalue weighted by Crippen LogP contribution is -2.33. The quantitative estimate of drug-likeness (QED) is 0.768. The molecule has 2 atom stereocenters. The van der Waals surface area contributed by atoms with E-state index in [-0.39, 0.29) is 5.82 Å². The molecule has 2 aliphatic rings. The summed E-state index contributed by atoms with van der Waals surface area (Å²) in [6.07, 6.45) is 6.69. The SMILES string of the molecule is CC(O)(Cn1c2c(c3cc(F)ccc31)C1CCCN1CC2)c1cccnc1. The Bertz CT molecular complexity index is 996. The minimum atomic E-state index is -1.05. The fourth-order valence-electron chi connectivity index (χ4n) is 4.98. The number of pyridine rings is 1. The topological polar surface area (TPSA) is 41.3 Å². The summed E-state index contributed by atoms with van der Waals surface area (Å²) in [5.74, 6) is -0.198. The minimum absolute atomic E-state index is 0.198. The highest BCUT2D eigenvalue weighted by Crippen LogP contribution is 2.43. The Morgan fingerprint density at radius 2 is 2.19 bits per heavy atom. The van der Waals surface area contributed by atoms with Gasteiger partial charge in [0.1, 0.15) is 11.4 Å². The third kappa shape index (κ3) is 2.68. The summed E-state index contributed by atoms with van der Waals surface area (Å²) in [5, 5.41) is 12.2. The maximum absolute atomic E-state index is 14.1. The Hall–Kier alpha value is -2.24. The summed E-state index contributed by atoms with van der Waals surface area (Å²) in [4.78, 5) is 6.68. The van der Waals surface area contributed by atoms with Gasteiger partial charge in [-0.25, -0.2) is 4.39 Å². The second kappa shape index (κ2) is 6.14. The van der Waals surface area contributed by atoms with E-state index in [0.717, 1.165) is 42.4 Å². The molecule has 1 fully saturated rings. The number of nitrogens with zero attached hydrogens (tertiary/aromatic N) is 3. The van der Waals surface area contributed by atoms with Gasteiger partial charge in [-0.1, -0.05) is 6.07 Å². The fourth-order valence-corrected chi connectivity index (χ4v) is 4.98. The molecule has 140 valence electrons. The largest absolute Gasteiger partial charge is 0.384 e. The van der Waals surface area contributed by atoms with Crippen molar-refractivity contribution in [2.45, 2.75) is 44.4 Å². The molecule has 2 unspecified atom stereocenters. The van der Waals surface area contributed by atoms with Crippen LogP contribution in [0.15, 0.2) is 42.7 Å². The molecule has 1 N–H and O–H groups in total. The molecule has 3 aromatic rings. The molecular formula is C22H24FN3O. The molecule has 0 spiro atoms. The van der Waals surface area contributed by atoms with Crippen LogP contribution in [-0.2, 0) is 18.6 Å². The predicted molar refractivity (Wildman–Crippen MR) is 103 cm³/mol.